The molecule has 0 radical (unpaired) electrons. The standard InChI is InChI=1S/C15H20O6/c1-18-15(19-2)11-21-14(17)9-8-13(16)20-10-12-6-4-3-5-7-12/h3-7,15H,8-11H2,1-2H3. The van der Waals surface area contributed by atoms with E-state index < -0.39 is 18.2 Å². The van der Waals surface area contributed by atoms with Crippen molar-refractivity contribution in [1.82, 2.24) is 0 Å². The minimum atomic E-state index is -0.598. The number of methoxy groups -OCH3 is 2. The number of carbonyl (C=O) groups is 2. The molecule has 0 fully saturated rings. The largest absolute Gasteiger partial charge is 0.461 e. The highest BCUT2D eigenvalue weighted by molar-refractivity contribution is 5.77. The molecule has 6 nitrogen and oxygen atoms in total. The molecule has 0 atom stereocenters. The highest BCUT2D eigenvalue weighted by atomic mass is 16.7. The van der Waals surface area contributed by atoms with Crippen molar-refractivity contribution in [2.45, 2.75) is 25.7 Å². The number of esters is 2. The summed E-state index contributed by atoms with van der Waals surface area (Å²) in [6, 6.07) is 9.33. The maximum atomic E-state index is 11.5. The Morgan fingerprint density at radius 1 is 0.952 bits per heavy atom. The molecule has 0 aliphatic carbocycles. The fraction of sp³-hybridized carbons (Fsp3) is 0.467. The summed E-state index contributed by atoms with van der Waals surface area (Å²) in [6.07, 6.45) is -0.650. The number of benzene rings is 1. The summed E-state index contributed by atoms with van der Waals surface area (Å²) < 4.78 is 19.7. The number of carbonyl (C=O) groups excluding carboxylic acids is 2. The lowest BCUT2D eigenvalue weighted by Crippen LogP contribution is -2.22. The van der Waals surface area contributed by atoms with E-state index in [9.17, 15) is 9.59 Å². The lowest BCUT2D eigenvalue weighted by Gasteiger charge is -2.13. The first-order valence-electron chi connectivity index (χ1n) is 6.56. The van der Waals surface area contributed by atoms with Gasteiger partial charge in [0.05, 0.1) is 12.8 Å². The van der Waals surface area contributed by atoms with Crippen molar-refractivity contribution < 1.29 is 28.5 Å². The van der Waals surface area contributed by atoms with E-state index in [1.165, 1.54) is 14.2 Å². The Morgan fingerprint density at radius 2 is 1.52 bits per heavy atom. The SMILES string of the molecule is COC(COC(=O)CCC(=O)OCc1ccccc1)OC. The lowest BCUT2D eigenvalue weighted by molar-refractivity contribution is -0.168. The quantitative estimate of drug-likeness (QED) is 0.510. The topological polar surface area (TPSA) is 71.1 Å². The molecule has 1 aromatic rings. The predicted octanol–water partition coefficient (Wildman–Crippen LogP) is 1.67. The van der Waals surface area contributed by atoms with E-state index in [2.05, 4.69) is 0 Å². The van der Waals surface area contributed by atoms with Gasteiger partial charge in [0.1, 0.15) is 13.2 Å². The van der Waals surface area contributed by atoms with E-state index in [-0.39, 0.29) is 26.1 Å². The van der Waals surface area contributed by atoms with Gasteiger partial charge in [0.15, 0.2) is 6.29 Å². The minimum absolute atomic E-state index is 0.00903. The molecule has 0 saturated heterocycles. The Balaban J connectivity index is 2.16. The third-order valence-electron chi connectivity index (χ3n) is 2.68. The predicted molar refractivity (Wildman–Crippen MR) is 74.2 cm³/mol. The fourth-order valence-electron chi connectivity index (χ4n) is 1.48. The van der Waals surface area contributed by atoms with Crippen molar-refractivity contribution in [2.75, 3.05) is 20.8 Å². The average molecular weight is 296 g/mol. The highest BCUT2D eigenvalue weighted by Gasteiger charge is 2.12. The van der Waals surface area contributed by atoms with E-state index in [1.54, 1.807) is 0 Å². The molecule has 0 saturated carbocycles. The molecular formula is C15H20O6. The van der Waals surface area contributed by atoms with Gasteiger partial charge in [-0.2, -0.15) is 0 Å². The van der Waals surface area contributed by atoms with Gasteiger partial charge in [-0.25, -0.2) is 0 Å². The molecule has 21 heavy (non-hydrogen) atoms. The monoisotopic (exact) mass is 296 g/mol. The Hall–Kier alpha value is -1.92. The zero-order valence-corrected chi connectivity index (χ0v) is 12.2. The van der Waals surface area contributed by atoms with Crippen LogP contribution in [0, 0.1) is 0 Å². The molecule has 0 spiro atoms. The first-order valence-corrected chi connectivity index (χ1v) is 6.56. The summed E-state index contributed by atoms with van der Waals surface area (Å²) in [7, 11) is 2.89. The Morgan fingerprint density at radius 3 is 2.10 bits per heavy atom. The van der Waals surface area contributed by atoms with Crippen LogP contribution < -0.4 is 0 Å². The van der Waals surface area contributed by atoms with Crippen molar-refractivity contribution in [2.24, 2.45) is 0 Å². The second-order valence-corrected chi connectivity index (χ2v) is 4.23. The average Bonchev–Trinajstić information content (AvgIpc) is 2.53. The van der Waals surface area contributed by atoms with Crippen molar-refractivity contribution in [3.8, 4) is 0 Å². The van der Waals surface area contributed by atoms with Gasteiger partial charge in [-0.15, -0.1) is 0 Å². The van der Waals surface area contributed by atoms with Gasteiger partial charge in [-0.05, 0) is 5.56 Å². The van der Waals surface area contributed by atoms with Crippen LogP contribution in [0.15, 0.2) is 30.3 Å². The third kappa shape index (κ3) is 7.43. The number of rotatable bonds is 9. The van der Waals surface area contributed by atoms with Crippen molar-refractivity contribution in [3.05, 3.63) is 35.9 Å². The fourth-order valence-corrected chi connectivity index (χ4v) is 1.48. The van der Waals surface area contributed by atoms with Crippen LogP contribution in [0.25, 0.3) is 0 Å². The van der Waals surface area contributed by atoms with Crippen molar-refractivity contribution in [1.29, 1.82) is 0 Å². The van der Waals surface area contributed by atoms with Crippen LogP contribution in [0.5, 0.6) is 0 Å². The second kappa shape index (κ2) is 9.90. The summed E-state index contributed by atoms with van der Waals surface area (Å²) in [5, 5.41) is 0. The van der Waals surface area contributed by atoms with Gasteiger partial charge < -0.3 is 18.9 Å². The first-order chi connectivity index (χ1) is 10.2. The second-order valence-electron chi connectivity index (χ2n) is 4.23. The molecule has 0 aliphatic rings. The van der Waals surface area contributed by atoms with Gasteiger partial charge in [0, 0.05) is 14.2 Å². The van der Waals surface area contributed by atoms with Crippen LogP contribution >= 0.6 is 0 Å². The van der Waals surface area contributed by atoms with Gasteiger partial charge in [0.25, 0.3) is 0 Å². The molecule has 0 unspecified atom stereocenters. The van der Waals surface area contributed by atoms with Gasteiger partial charge >= 0.3 is 11.9 Å². The molecular weight excluding hydrogens is 276 g/mol. The minimum Gasteiger partial charge on any atom is -0.461 e. The molecule has 0 amide bonds. The smallest absolute Gasteiger partial charge is 0.306 e. The first kappa shape index (κ1) is 17.1. The Kier molecular flexibility index (Phi) is 8.08. The van der Waals surface area contributed by atoms with Crippen LogP contribution in [-0.2, 0) is 35.1 Å². The summed E-state index contributed by atoms with van der Waals surface area (Å²) in [6.45, 7) is 0.190. The summed E-state index contributed by atoms with van der Waals surface area (Å²) >= 11 is 0. The molecule has 0 bridgehead atoms. The number of ether oxygens (including phenoxy) is 4. The lowest BCUT2D eigenvalue weighted by atomic mass is 10.2. The summed E-state index contributed by atoms with van der Waals surface area (Å²) in [5.74, 6) is -0.934. The van der Waals surface area contributed by atoms with E-state index in [0.29, 0.717) is 0 Å². The Bertz CT molecular complexity index is 427. The zero-order chi connectivity index (χ0) is 15.5. The molecule has 1 rings (SSSR count). The van der Waals surface area contributed by atoms with Gasteiger partial charge in [0.2, 0.25) is 0 Å². The normalized spacial score (nSPS) is 10.4. The van der Waals surface area contributed by atoms with Crippen LogP contribution in [-0.4, -0.2) is 39.1 Å². The van der Waals surface area contributed by atoms with Crippen molar-refractivity contribution in [3.63, 3.8) is 0 Å². The third-order valence-corrected chi connectivity index (χ3v) is 2.68. The Labute approximate surface area is 123 Å². The molecule has 1 aromatic carbocycles. The molecule has 0 heterocycles. The molecule has 0 aliphatic heterocycles. The van der Waals surface area contributed by atoms with Crippen LogP contribution in [0.1, 0.15) is 18.4 Å². The van der Waals surface area contributed by atoms with E-state index >= 15 is 0 Å². The molecule has 0 aromatic heterocycles. The van der Waals surface area contributed by atoms with Crippen molar-refractivity contribution >= 4 is 11.9 Å². The highest BCUT2D eigenvalue weighted by Crippen LogP contribution is 2.03. The van der Waals surface area contributed by atoms with Crippen LogP contribution in [0.4, 0.5) is 0 Å². The maximum absolute atomic E-state index is 11.5. The van der Waals surface area contributed by atoms with E-state index in [1.807, 2.05) is 30.3 Å². The van der Waals surface area contributed by atoms with E-state index in [4.69, 9.17) is 18.9 Å². The molecule has 0 N–H and O–H groups in total. The summed E-state index contributed by atoms with van der Waals surface area (Å²) in [5.41, 5.74) is 0.899. The van der Waals surface area contributed by atoms with Gasteiger partial charge in [-0.1, -0.05) is 30.3 Å². The van der Waals surface area contributed by atoms with Crippen LogP contribution in [0.3, 0.4) is 0 Å². The zero-order valence-electron chi connectivity index (χ0n) is 12.2. The molecule has 6 heteroatoms. The number of hydrogen-bond donors (Lipinski definition) is 0. The number of hydrogen-bond acceptors (Lipinski definition) is 6. The van der Waals surface area contributed by atoms with Gasteiger partial charge in [-0.3, -0.25) is 9.59 Å². The summed E-state index contributed by atoms with van der Waals surface area (Å²) in [4.78, 5) is 22.9. The van der Waals surface area contributed by atoms with Crippen LogP contribution in [0.2, 0.25) is 0 Å². The van der Waals surface area contributed by atoms with E-state index in [0.717, 1.165) is 5.56 Å². The maximum Gasteiger partial charge on any atom is 0.306 e. The molecule has 116 valence electrons.